The van der Waals surface area contributed by atoms with Crippen molar-refractivity contribution in [2.24, 2.45) is 0 Å². The molecule has 0 fully saturated rings. The number of nitrogen functional groups attached to an aromatic ring is 1. The van der Waals surface area contributed by atoms with Crippen molar-refractivity contribution in [1.29, 1.82) is 0 Å². The van der Waals surface area contributed by atoms with Crippen molar-refractivity contribution in [2.75, 3.05) is 11.1 Å². The molecule has 1 aromatic carbocycles. The molecule has 31 heavy (non-hydrogen) atoms. The smallest absolute Gasteiger partial charge is 0.399 e. The Morgan fingerprint density at radius 1 is 0.903 bits per heavy atom. The summed E-state index contributed by atoms with van der Waals surface area (Å²) in [5.41, 5.74) is -10.9. The first kappa shape index (κ1) is 23.2. The van der Waals surface area contributed by atoms with Crippen molar-refractivity contribution in [3.05, 3.63) is 29.5 Å². The highest BCUT2D eigenvalue weighted by molar-refractivity contribution is 8.00. The van der Waals surface area contributed by atoms with E-state index in [1.807, 2.05) is 0 Å². The van der Waals surface area contributed by atoms with Crippen LogP contribution in [0.5, 0.6) is 0 Å². The average Bonchev–Trinajstić information content (AvgIpc) is 2.88. The van der Waals surface area contributed by atoms with Crippen molar-refractivity contribution in [2.45, 2.75) is 34.5 Å². The van der Waals surface area contributed by atoms with Gasteiger partial charge in [-0.3, -0.25) is 0 Å². The highest BCUT2D eigenvalue weighted by Gasteiger charge is 2.74. The molecule has 0 amide bonds. The second-order valence-electron chi connectivity index (χ2n) is 6.13. The summed E-state index contributed by atoms with van der Waals surface area (Å²) in [6, 6.07) is 1.32. The zero-order chi connectivity index (χ0) is 23.8. The molecule has 3 N–H and O–H groups in total. The van der Waals surface area contributed by atoms with Crippen LogP contribution in [0.25, 0.3) is 5.69 Å². The summed E-state index contributed by atoms with van der Waals surface area (Å²) in [4.78, 5) is -2.01. The lowest BCUT2D eigenvalue weighted by molar-refractivity contribution is -0.294. The molecule has 1 aliphatic rings. The Morgan fingerprint density at radius 2 is 1.45 bits per heavy atom. The number of fused-ring (bicyclic) bond motifs is 3. The summed E-state index contributed by atoms with van der Waals surface area (Å²) in [6.45, 7) is 0. The molecule has 0 unspecified atom stereocenters. The number of rotatable bonds is 1. The summed E-state index contributed by atoms with van der Waals surface area (Å²) in [5, 5.41) is 3.67. The third-order valence-corrected chi connectivity index (χ3v) is 4.96. The number of nitrogens with one attached hydrogen (secondary N) is 1. The highest BCUT2D eigenvalue weighted by Crippen LogP contribution is 2.58. The maximum Gasteiger partial charge on any atom is 0.446 e. The normalized spacial score (nSPS) is 16.5. The van der Waals surface area contributed by atoms with Crippen molar-refractivity contribution in [1.82, 2.24) is 9.78 Å². The van der Waals surface area contributed by atoms with Gasteiger partial charge < -0.3 is 11.1 Å². The molecule has 2 aromatic rings. The van der Waals surface area contributed by atoms with E-state index in [0.717, 1.165) is 5.32 Å². The fraction of sp³-hybridized carbons (Fsp3) is 0.357. The average molecular weight is 490 g/mol. The number of halogens is 12. The molecule has 1 aromatic heterocycles. The van der Waals surface area contributed by atoms with E-state index in [1.165, 1.54) is 0 Å². The van der Waals surface area contributed by atoms with E-state index in [2.05, 4.69) is 5.10 Å². The van der Waals surface area contributed by atoms with Crippen LogP contribution in [0.3, 0.4) is 0 Å². The van der Waals surface area contributed by atoms with E-state index in [-0.39, 0.29) is 10.7 Å². The quantitative estimate of drug-likeness (QED) is 0.300. The topological polar surface area (TPSA) is 55.9 Å². The monoisotopic (exact) mass is 490 g/mol. The highest BCUT2D eigenvalue weighted by atomic mass is 32.2. The summed E-state index contributed by atoms with van der Waals surface area (Å²) in [6.07, 6.45) is -18.1. The fourth-order valence-electron chi connectivity index (χ4n) is 2.98. The third-order valence-electron chi connectivity index (χ3n) is 4.14. The molecule has 172 valence electrons. The standard InChI is InChI=1S/C14H6F12N4S/c15-11(16,17)8-7(31-14(24,25)26)9-28-10(12(18,19)20,13(21,22)23)5-2-1-4(27)3-6(5)30(9)29-8/h1-3,28H,27H2. The zero-order valence-corrected chi connectivity index (χ0v) is 15.0. The Bertz CT molecular complexity index is 1000. The summed E-state index contributed by atoms with van der Waals surface area (Å²) in [5.74, 6) is -1.79. The van der Waals surface area contributed by atoms with Gasteiger partial charge in [-0.25, -0.2) is 4.68 Å². The van der Waals surface area contributed by atoms with Gasteiger partial charge in [-0.05, 0) is 23.9 Å². The lowest BCUT2D eigenvalue weighted by atomic mass is 9.85. The Morgan fingerprint density at radius 3 is 1.90 bits per heavy atom. The van der Waals surface area contributed by atoms with Crippen LogP contribution in [-0.2, 0) is 11.7 Å². The molecule has 0 saturated heterocycles. The number of thioether (sulfide) groups is 1. The molecule has 0 atom stereocenters. The summed E-state index contributed by atoms with van der Waals surface area (Å²) in [7, 11) is 0. The van der Waals surface area contributed by atoms with Gasteiger partial charge in [-0.15, -0.1) is 0 Å². The number of nitrogens with zero attached hydrogens (tertiary/aromatic N) is 2. The number of aromatic nitrogens is 2. The SMILES string of the molecule is Nc1ccc2c(c1)-n1nc(C(F)(F)F)c(SC(F)(F)F)c1NC2(C(F)(F)F)C(F)(F)F. The first-order valence-electron chi connectivity index (χ1n) is 7.57. The molecule has 2 heterocycles. The van der Waals surface area contributed by atoms with E-state index < -0.39 is 74.7 Å². The van der Waals surface area contributed by atoms with E-state index >= 15 is 0 Å². The molecule has 1 aliphatic heterocycles. The van der Waals surface area contributed by atoms with Gasteiger partial charge in [0.2, 0.25) is 0 Å². The Hall–Kier alpha value is -2.46. The van der Waals surface area contributed by atoms with Crippen molar-refractivity contribution in [3.63, 3.8) is 0 Å². The number of hydrogen-bond donors (Lipinski definition) is 2. The van der Waals surface area contributed by atoms with Crippen LogP contribution in [-0.4, -0.2) is 27.6 Å². The minimum Gasteiger partial charge on any atom is -0.399 e. The first-order valence-corrected chi connectivity index (χ1v) is 8.39. The molecule has 0 radical (unpaired) electrons. The van der Waals surface area contributed by atoms with Gasteiger partial charge >= 0.3 is 24.0 Å². The second kappa shape index (κ2) is 6.52. The van der Waals surface area contributed by atoms with Crippen molar-refractivity contribution in [3.8, 4) is 5.69 Å². The maximum atomic E-state index is 13.8. The second-order valence-corrected chi connectivity index (χ2v) is 7.21. The molecule has 0 aliphatic carbocycles. The maximum absolute atomic E-state index is 13.8. The van der Waals surface area contributed by atoms with E-state index in [0.29, 0.717) is 12.1 Å². The van der Waals surface area contributed by atoms with Gasteiger partial charge in [-0.1, -0.05) is 6.07 Å². The predicted octanol–water partition coefficient (Wildman–Crippen LogP) is 5.83. The van der Waals surface area contributed by atoms with Crippen molar-refractivity contribution < 1.29 is 52.7 Å². The zero-order valence-electron chi connectivity index (χ0n) is 14.1. The molecule has 4 nitrogen and oxygen atoms in total. The molecule has 0 bridgehead atoms. The van der Waals surface area contributed by atoms with E-state index in [9.17, 15) is 52.7 Å². The minimum absolute atomic E-state index is 0.113. The Kier molecular flexibility index (Phi) is 4.88. The van der Waals surface area contributed by atoms with Crippen molar-refractivity contribution >= 4 is 23.3 Å². The van der Waals surface area contributed by atoms with Gasteiger partial charge in [0.15, 0.2) is 5.69 Å². The van der Waals surface area contributed by atoms with Crippen LogP contribution in [0, 0.1) is 0 Å². The molecule has 3 rings (SSSR count). The number of benzene rings is 1. The fourth-order valence-corrected chi connectivity index (χ4v) is 3.70. The van der Waals surface area contributed by atoms with Gasteiger partial charge in [0, 0.05) is 11.3 Å². The van der Waals surface area contributed by atoms with Crippen LogP contribution < -0.4 is 11.1 Å². The number of anilines is 2. The van der Waals surface area contributed by atoms with Gasteiger partial charge in [0.25, 0.3) is 5.54 Å². The summed E-state index contributed by atoms with van der Waals surface area (Å²) >= 11 is -1.56. The van der Waals surface area contributed by atoms with Crippen LogP contribution in [0.4, 0.5) is 64.2 Å². The Labute approximate surface area is 167 Å². The molecular weight excluding hydrogens is 484 g/mol. The first-order chi connectivity index (χ1) is 13.8. The molecule has 0 spiro atoms. The van der Waals surface area contributed by atoms with Crippen LogP contribution in [0.1, 0.15) is 11.3 Å². The van der Waals surface area contributed by atoms with E-state index in [4.69, 9.17) is 5.73 Å². The van der Waals surface area contributed by atoms with E-state index in [1.54, 1.807) is 0 Å². The van der Waals surface area contributed by atoms with Gasteiger partial charge in [0.1, 0.15) is 5.82 Å². The number of hydrogen-bond acceptors (Lipinski definition) is 4. The number of alkyl halides is 12. The summed E-state index contributed by atoms with van der Waals surface area (Å²) < 4.78 is 161. The molecular formula is C14H6F12N4S. The van der Waals surface area contributed by atoms with Crippen LogP contribution >= 0.6 is 11.8 Å². The largest absolute Gasteiger partial charge is 0.446 e. The van der Waals surface area contributed by atoms with Crippen LogP contribution in [0.15, 0.2) is 23.1 Å². The van der Waals surface area contributed by atoms with Gasteiger partial charge in [0.05, 0.1) is 10.6 Å². The molecule has 17 heteroatoms. The predicted molar refractivity (Wildman–Crippen MR) is 82.3 cm³/mol. The minimum atomic E-state index is -6.25. The van der Waals surface area contributed by atoms with Gasteiger partial charge in [-0.2, -0.15) is 57.8 Å². The third kappa shape index (κ3) is 3.61. The molecule has 0 saturated carbocycles. The lowest BCUT2D eigenvalue weighted by Gasteiger charge is -2.42. The lowest BCUT2D eigenvalue weighted by Crippen LogP contribution is -2.61. The Balaban J connectivity index is 2.48. The van der Waals surface area contributed by atoms with Crippen LogP contribution in [0.2, 0.25) is 0 Å². The number of nitrogens with two attached hydrogens (primary N) is 1.